The van der Waals surface area contributed by atoms with Crippen molar-refractivity contribution in [3.8, 4) is 5.75 Å². The second-order valence-electron chi connectivity index (χ2n) is 6.43. The number of halogens is 3. The van der Waals surface area contributed by atoms with Crippen molar-refractivity contribution < 1.29 is 23.0 Å². The molecule has 0 unspecified atom stereocenters. The standard InChI is InChI=1S/C19H28ClF2N3O3/c1-23-19(25-8-6-16(7-9-25)27-11-3-10-26-2)24-13-14-12-15(20)4-5-17(14)28-18(21)22/h4-5,12,16,18H,3,6-11,13H2,1-2H3,(H,23,24). The number of methoxy groups -OCH3 is 1. The lowest BCUT2D eigenvalue weighted by Gasteiger charge is -2.34. The van der Waals surface area contributed by atoms with Gasteiger partial charge in [-0.2, -0.15) is 8.78 Å². The average Bonchev–Trinajstić information content (AvgIpc) is 2.68. The summed E-state index contributed by atoms with van der Waals surface area (Å²) in [6, 6.07) is 4.58. The van der Waals surface area contributed by atoms with Crippen molar-refractivity contribution >= 4 is 17.6 Å². The smallest absolute Gasteiger partial charge is 0.387 e. The van der Waals surface area contributed by atoms with Crippen LogP contribution in [0, 0.1) is 0 Å². The summed E-state index contributed by atoms with van der Waals surface area (Å²) in [5.74, 6) is 0.811. The molecule has 0 saturated carbocycles. The van der Waals surface area contributed by atoms with E-state index in [1.165, 1.54) is 12.1 Å². The van der Waals surface area contributed by atoms with Crippen LogP contribution in [-0.4, -0.2) is 64.0 Å². The van der Waals surface area contributed by atoms with Gasteiger partial charge in [0, 0.05) is 57.6 Å². The molecule has 0 aliphatic carbocycles. The second kappa shape index (κ2) is 12.0. The number of likely N-dealkylation sites (tertiary alicyclic amines) is 1. The van der Waals surface area contributed by atoms with Crippen LogP contribution in [0.2, 0.25) is 5.02 Å². The number of nitrogens with zero attached hydrogens (tertiary/aromatic N) is 2. The highest BCUT2D eigenvalue weighted by Gasteiger charge is 2.22. The molecule has 1 aromatic carbocycles. The molecular weight excluding hydrogens is 392 g/mol. The molecule has 1 heterocycles. The third-order valence-electron chi connectivity index (χ3n) is 4.48. The van der Waals surface area contributed by atoms with Crippen LogP contribution in [0.1, 0.15) is 24.8 Å². The highest BCUT2D eigenvalue weighted by atomic mass is 35.5. The van der Waals surface area contributed by atoms with Gasteiger partial charge in [0.15, 0.2) is 5.96 Å². The summed E-state index contributed by atoms with van der Waals surface area (Å²) in [5, 5.41) is 3.66. The van der Waals surface area contributed by atoms with Crippen molar-refractivity contribution in [2.45, 2.75) is 38.5 Å². The summed E-state index contributed by atoms with van der Waals surface area (Å²) in [4.78, 5) is 6.44. The summed E-state index contributed by atoms with van der Waals surface area (Å²) in [6.07, 6.45) is 2.95. The van der Waals surface area contributed by atoms with Crippen LogP contribution in [0.15, 0.2) is 23.2 Å². The van der Waals surface area contributed by atoms with E-state index in [-0.39, 0.29) is 18.4 Å². The molecule has 1 fully saturated rings. The fourth-order valence-corrected chi connectivity index (χ4v) is 3.29. The quantitative estimate of drug-likeness (QED) is 0.377. The van der Waals surface area contributed by atoms with Gasteiger partial charge in [0.2, 0.25) is 0 Å². The summed E-state index contributed by atoms with van der Waals surface area (Å²) >= 11 is 6.00. The molecule has 28 heavy (non-hydrogen) atoms. The molecule has 1 aliphatic heterocycles. The lowest BCUT2D eigenvalue weighted by atomic mass is 10.1. The Morgan fingerprint density at radius 1 is 1.32 bits per heavy atom. The zero-order valence-electron chi connectivity index (χ0n) is 16.3. The van der Waals surface area contributed by atoms with E-state index in [0.29, 0.717) is 29.8 Å². The number of hydrogen-bond donors (Lipinski definition) is 1. The highest BCUT2D eigenvalue weighted by molar-refractivity contribution is 6.30. The molecule has 6 nitrogen and oxygen atoms in total. The molecule has 0 bridgehead atoms. The Balaban J connectivity index is 1.85. The predicted octanol–water partition coefficient (Wildman–Crippen LogP) is 3.53. The van der Waals surface area contributed by atoms with Crippen LogP contribution in [0.3, 0.4) is 0 Å². The Morgan fingerprint density at radius 2 is 2.07 bits per heavy atom. The Kier molecular flexibility index (Phi) is 9.73. The molecule has 2 rings (SSSR count). The van der Waals surface area contributed by atoms with E-state index in [2.05, 4.69) is 19.9 Å². The van der Waals surface area contributed by atoms with Crippen molar-refractivity contribution in [3.05, 3.63) is 28.8 Å². The molecule has 1 N–H and O–H groups in total. The van der Waals surface area contributed by atoms with Gasteiger partial charge in [-0.25, -0.2) is 0 Å². The number of ether oxygens (including phenoxy) is 3. The minimum atomic E-state index is -2.89. The number of aliphatic imine (C=N–C) groups is 1. The topological polar surface area (TPSA) is 55.3 Å². The number of piperidine rings is 1. The lowest BCUT2D eigenvalue weighted by Crippen LogP contribution is -2.46. The summed E-state index contributed by atoms with van der Waals surface area (Å²) in [6.45, 7) is 0.420. The Hall–Kier alpha value is -1.64. The van der Waals surface area contributed by atoms with Gasteiger partial charge in [-0.3, -0.25) is 4.99 Å². The molecule has 0 atom stereocenters. The van der Waals surface area contributed by atoms with Crippen molar-refractivity contribution in [3.63, 3.8) is 0 Å². The fourth-order valence-electron chi connectivity index (χ4n) is 3.09. The summed E-state index contributed by atoms with van der Waals surface area (Å²) in [5.41, 5.74) is 0.547. The largest absolute Gasteiger partial charge is 0.434 e. The molecule has 158 valence electrons. The third-order valence-corrected chi connectivity index (χ3v) is 4.71. The number of nitrogens with one attached hydrogen (secondary N) is 1. The van der Waals surface area contributed by atoms with Gasteiger partial charge in [-0.15, -0.1) is 0 Å². The van der Waals surface area contributed by atoms with Gasteiger partial charge in [-0.05, 0) is 37.5 Å². The van der Waals surface area contributed by atoms with Gasteiger partial charge in [0.25, 0.3) is 0 Å². The molecule has 9 heteroatoms. The van der Waals surface area contributed by atoms with Gasteiger partial charge < -0.3 is 24.4 Å². The Morgan fingerprint density at radius 3 is 2.71 bits per heavy atom. The predicted molar refractivity (Wildman–Crippen MR) is 105 cm³/mol. The third kappa shape index (κ3) is 7.41. The highest BCUT2D eigenvalue weighted by Crippen LogP contribution is 2.24. The van der Waals surface area contributed by atoms with Crippen LogP contribution in [0.25, 0.3) is 0 Å². The van der Waals surface area contributed by atoms with Crippen LogP contribution >= 0.6 is 11.6 Å². The van der Waals surface area contributed by atoms with E-state index in [1.54, 1.807) is 20.2 Å². The summed E-state index contributed by atoms with van der Waals surface area (Å²) < 4.78 is 40.7. The summed E-state index contributed by atoms with van der Waals surface area (Å²) in [7, 11) is 3.38. The van der Waals surface area contributed by atoms with E-state index in [0.717, 1.165) is 32.4 Å². The number of benzene rings is 1. The molecule has 0 spiro atoms. The monoisotopic (exact) mass is 419 g/mol. The maximum absolute atomic E-state index is 12.6. The first-order valence-corrected chi connectivity index (χ1v) is 9.70. The van der Waals surface area contributed by atoms with Crippen LogP contribution in [0.5, 0.6) is 5.75 Å². The molecule has 0 amide bonds. The number of hydrogen-bond acceptors (Lipinski definition) is 4. The van der Waals surface area contributed by atoms with Crippen molar-refractivity contribution in [2.24, 2.45) is 4.99 Å². The molecule has 1 aromatic rings. The Bertz CT molecular complexity index is 626. The van der Waals surface area contributed by atoms with Crippen LogP contribution in [-0.2, 0) is 16.0 Å². The maximum Gasteiger partial charge on any atom is 0.387 e. The van der Waals surface area contributed by atoms with Gasteiger partial charge >= 0.3 is 6.61 Å². The molecular formula is C19H28ClF2N3O3. The van der Waals surface area contributed by atoms with E-state index in [1.807, 2.05) is 0 Å². The number of alkyl halides is 2. The molecule has 0 radical (unpaired) electrons. The lowest BCUT2D eigenvalue weighted by molar-refractivity contribution is -0.0504. The van der Waals surface area contributed by atoms with E-state index >= 15 is 0 Å². The fraction of sp³-hybridized carbons (Fsp3) is 0.632. The van der Waals surface area contributed by atoms with Gasteiger partial charge in [0.05, 0.1) is 6.10 Å². The van der Waals surface area contributed by atoms with Crippen molar-refractivity contribution in [2.75, 3.05) is 40.5 Å². The first-order chi connectivity index (χ1) is 13.5. The molecule has 0 aromatic heterocycles. The minimum absolute atomic E-state index is 0.102. The number of rotatable bonds is 9. The SMILES string of the molecule is CN=C(NCc1cc(Cl)ccc1OC(F)F)N1CCC(OCCCOC)CC1. The first kappa shape index (κ1) is 22.6. The first-order valence-electron chi connectivity index (χ1n) is 9.33. The second-order valence-corrected chi connectivity index (χ2v) is 6.87. The normalized spacial score (nSPS) is 15.9. The van der Waals surface area contributed by atoms with Crippen LogP contribution in [0.4, 0.5) is 8.78 Å². The maximum atomic E-state index is 12.6. The van der Waals surface area contributed by atoms with E-state index < -0.39 is 6.61 Å². The molecule has 1 saturated heterocycles. The minimum Gasteiger partial charge on any atom is -0.434 e. The number of guanidine groups is 1. The van der Waals surface area contributed by atoms with Crippen LogP contribution < -0.4 is 10.1 Å². The van der Waals surface area contributed by atoms with E-state index in [4.69, 9.17) is 21.1 Å². The molecule has 1 aliphatic rings. The zero-order valence-corrected chi connectivity index (χ0v) is 17.1. The van der Waals surface area contributed by atoms with Gasteiger partial charge in [0.1, 0.15) is 5.75 Å². The van der Waals surface area contributed by atoms with Crippen molar-refractivity contribution in [1.29, 1.82) is 0 Å². The van der Waals surface area contributed by atoms with Gasteiger partial charge in [-0.1, -0.05) is 11.6 Å². The Labute approximate surface area is 169 Å². The van der Waals surface area contributed by atoms with Crippen molar-refractivity contribution in [1.82, 2.24) is 10.2 Å². The average molecular weight is 420 g/mol. The zero-order chi connectivity index (χ0) is 20.4. The van der Waals surface area contributed by atoms with E-state index in [9.17, 15) is 8.78 Å².